The number of ketones is 1. The van der Waals surface area contributed by atoms with Crippen LogP contribution in [0.25, 0.3) is 0 Å². The molecular weight excluding hydrogens is 353 g/mol. The van der Waals surface area contributed by atoms with Crippen LogP contribution < -0.4 is 0 Å². The molecule has 0 atom stereocenters. The van der Waals surface area contributed by atoms with E-state index >= 15 is 0 Å². The van der Waals surface area contributed by atoms with Crippen molar-refractivity contribution < 1.29 is 9.59 Å². The predicted molar refractivity (Wildman–Crippen MR) is 84.3 cm³/mol. The molecule has 0 aromatic heterocycles. The van der Waals surface area contributed by atoms with E-state index in [1.165, 1.54) is 19.4 Å². The average molecular weight is 377 g/mol. The summed E-state index contributed by atoms with van der Waals surface area (Å²) in [5, 5.41) is 0. The first kappa shape index (κ1) is 15.4. The fourth-order valence-electron chi connectivity index (χ4n) is 3.46. The number of carbonyl (C=O) groups is 2. The lowest BCUT2D eigenvalue weighted by atomic mass is 9.80. The highest BCUT2D eigenvalue weighted by Gasteiger charge is 2.28. The van der Waals surface area contributed by atoms with Crippen LogP contribution in [0.15, 0.2) is 0 Å². The second-order valence-corrected chi connectivity index (χ2v) is 7.27. The molecule has 0 amide bonds. The van der Waals surface area contributed by atoms with Gasteiger partial charge in [0.05, 0.1) is 0 Å². The van der Waals surface area contributed by atoms with E-state index in [-0.39, 0.29) is 0 Å². The zero-order valence-electron chi connectivity index (χ0n) is 11.7. The van der Waals surface area contributed by atoms with Crippen molar-refractivity contribution in [1.29, 1.82) is 0 Å². The summed E-state index contributed by atoms with van der Waals surface area (Å²) >= 11 is 1.94. The maximum absolute atomic E-state index is 11.4. The van der Waals surface area contributed by atoms with E-state index in [4.69, 9.17) is 0 Å². The van der Waals surface area contributed by atoms with Crippen molar-refractivity contribution >= 4 is 32.2 Å². The van der Waals surface area contributed by atoms with Crippen LogP contribution in [0.4, 0.5) is 0 Å². The summed E-state index contributed by atoms with van der Waals surface area (Å²) in [5.74, 6) is 1.77. The minimum Gasteiger partial charge on any atom is -0.303 e. The Morgan fingerprint density at radius 3 is 2.05 bits per heavy atom. The van der Waals surface area contributed by atoms with E-state index in [2.05, 4.69) is 4.90 Å². The Labute approximate surface area is 129 Å². The van der Waals surface area contributed by atoms with Gasteiger partial charge in [0.2, 0.25) is 0 Å². The number of rotatable bonds is 4. The second kappa shape index (κ2) is 7.16. The molecule has 19 heavy (non-hydrogen) atoms. The lowest BCUT2D eigenvalue weighted by molar-refractivity contribution is -0.121. The average Bonchev–Trinajstić information content (AvgIpc) is 2.40. The maximum atomic E-state index is 11.4. The molecule has 0 spiro atoms. The van der Waals surface area contributed by atoms with Gasteiger partial charge in [0.1, 0.15) is 5.78 Å². The van der Waals surface area contributed by atoms with Crippen LogP contribution in [0, 0.1) is 17.8 Å². The Bertz CT molecular complexity index is 297. The summed E-state index contributed by atoms with van der Waals surface area (Å²) < 4.78 is 0.333. The summed E-state index contributed by atoms with van der Waals surface area (Å²) in [6, 6.07) is 0. The van der Waals surface area contributed by atoms with E-state index in [0.717, 1.165) is 44.7 Å². The molecule has 0 aromatic carbocycles. The Balaban J connectivity index is 1.69. The molecule has 1 heterocycles. The van der Waals surface area contributed by atoms with Gasteiger partial charge in [0, 0.05) is 18.4 Å². The van der Waals surface area contributed by atoms with E-state index in [0.29, 0.717) is 21.4 Å². The molecule has 1 saturated heterocycles. The van der Waals surface area contributed by atoms with Crippen LogP contribution in [-0.2, 0) is 9.59 Å². The molecular formula is C15H24INO2. The van der Waals surface area contributed by atoms with Crippen molar-refractivity contribution in [2.24, 2.45) is 17.8 Å². The van der Waals surface area contributed by atoms with Gasteiger partial charge in [0.15, 0.2) is 3.79 Å². The molecule has 2 fully saturated rings. The highest BCUT2D eigenvalue weighted by molar-refractivity contribution is 14.1. The highest BCUT2D eigenvalue weighted by Crippen LogP contribution is 2.31. The second-order valence-electron chi connectivity index (χ2n) is 6.21. The molecule has 4 heteroatoms. The van der Waals surface area contributed by atoms with Gasteiger partial charge in [-0.3, -0.25) is 9.59 Å². The van der Waals surface area contributed by atoms with Gasteiger partial charge in [-0.05, 0) is 87.0 Å². The standard InChI is InChI=1S/C15H24INO2/c1-11(18)13-4-2-12(3-5-13)10-17-8-6-14(7-9-17)15(16)19/h12-14H,2-10H2,1H3/t12-,13-. The number of carbonyl (C=O) groups excluding carboxylic acids is 2. The Morgan fingerprint density at radius 1 is 1.00 bits per heavy atom. The molecule has 3 nitrogen and oxygen atoms in total. The summed E-state index contributed by atoms with van der Waals surface area (Å²) in [4.78, 5) is 25.2. The van der Waals surface area contributed by atoms with Gasteiger partial charge >= 0.3 is 0 Å². The van der Waals surface area contributed by atoms with E-state index < -0.39 is 0 Å². The third kappa shape index (κ3) is 4.52. The number of likely N-dealkylation sites (tertiary alicyclic amines) is 1. The number of nitrogens with zero attached hydrogens (tertiary/aromatic N) is 1. The molecule has 0 aromatic rings. The third-order valence-electron chi connectivity index (χ3n) is 4.85. The SMILES string of the molecule is CC(=O)[C@H]1CC[C@H](CN2CCC(C(=O)I)CC2)CC1. The Kier molecular flexibility index (Phi) is 5.81. The number of piperidine rings is 1. The number of halogens is 1. The Morgan fingerprint density at radius 2 is 1.58 bits per heavy atom. The van der Waals surface area contributed by atoms with Crippen LogP contribution in [-0.4, -0.2) is 34.1 Å². The monoisotopic (exact) mass is 377 g/mol. The van der Waals surface area contributed by atoms with Crippen molar-refractivity contribution in [2.45, 2.75) is 45.4 Å². The lowest BCUT2D eigenvalue weighted by Gasteiger charge is -2.35. The maximum Gasteiger partial charge on any atom is 0.195 e. The summed E-state index contributed by atoms with van der Waals surface area (Å²) in [5.41, 5.74) is 0. The van der Waals surface area contributed by atoms with Crippen LogP contribution in [0.5, 0.6) is 0 Å². The van der Waals surface area contributed by atoms with E-state index in [9.17, 15) is 9.59 Å². The molecule has 108 valence electrons. The predicted octanol–water partition coefficient (Wildman–Crippen LogP) is 3.06. The van der Waals surface area contributed by atoms with Crippen molar-refractivity contribution in [3.63, 3.8) is 0 Å². The third-order valence-corrected chi connectivity index (χ3v) is 5.73. The summed E-state index contributed by atoms with van der Waals surface area (Å²) in [6.07, 6.45) is 6.64. The van der Waals surface area contributed by atoms with Crippen molar-refractivity contribution in [3.8, 4) is 0 Å². The minimum absolute atomic E-state index is 0.297. The fraction of sp³-hybridized carbons (Fsp3) is 0.867. The first-order valence-electron chi connectivity index (χ1n) is 7.48. The highest BCUT2D eigenvalue weighted by atomic mass is 127. The molecule has 0 unspecified atom stereocenters. The smallest absolute Gasteiger partial charge is 0.195 e. The quantitative estimate of drug-likeness (QED) is 0.558. The molecule has 2 aliphatic rings. The lowest BCUT2D eigenvalue weighted by Crippen LogP contribution is -2.39. The zero-order chi connectivity index (χ0) is 13.8. The molecule has 1 aliphatic carbocycles. The Hall–Kier alpha value is 0.0300. The fourth-order valence-corrected chi connectivity index (χ4v) is 4.08. The number of hydrogen-bond acceptors (Lipinski definition) is 3. The van der Waals surface area contributed by atoms with Crippen molar-refractivity contribution in [1.82, 2.24) is 4.90 Å². The molecule has 1 aliphatic heterocycles. The molecule has 0 N–H and O–H groups in total. The van der Waals surface area contributed by atoms with Gasteiger partial charge in [-0.25, -0.2) is 0 Å². The normalized spacial score (nSPS) is 30.2. The van der Waals surface area contributed by atoms with Crippen molar-refractivity contribution in [3.05, 3.63) is 0 Å². The largest absolute Gasteiger partial charge is 0.303 e. The van der Waals surface area contributed by atoms with E-state index in [1.54, 1.807) is 6.92 Å². The summed E-state index contributed by atoms with van der Waals surface area (Å²) in [7, 11) is 0. The molecule has 0 bridgehead atoms. The van der Waals surface area contributed by atoms with Crippen LogP contribution in [0.3, 0.4) is 0 Å². The first-order chi connectivity index (χ1) is 9.06. The van der Waals surface area contributed by atoms with Gasteiger partial charge < -0.3 is 4.90 Å². The van der Waals surface area contributed by atoms with Crippen LogP contribution >= 0.6 is 22.6 Å². The van der Waals surface area contributed by atoms with Gasteiger partial charge in [-0.1, -0.05) is 0 Å². The molecule has 2 rings (SSSR count). The number of hydrogen-bond donors (Lipinski definition) is 0. The van der Waals surface area contributed by atoms with Crippen LogP contribution in [0.1, 0.15) is 45.4 Å². The van der Waals surface area contributed by atoms with Crippen LogP contribution in [0.2, 0.25) is 0 Å². The van der Waals surface area contributed by atoms with Crippen molar-refractivity contribution in [2.75, 3.05) is 19.6 Å². The topological polar surface area (TPSA) is 37.4 Å². The number of Topliss-reactive ketones (excluding diaryl/α,β-unsaturated/α-hetero) is 1. The molecule has 0 radical (unpaired) electrons. The first-order valence-corrected chi connectivity index (χ1v) is 8.56. The minimum atomic E-state index is 0.297. The zero-order valence-corrected chi connectivity index (χ0v) is 13.9. The van der Waals surface area contributed by atoms with Gasteiger partial charge in [0.25, 0.3) is 0 Å². The molecule has 1 saturated carbocycles. The van der Waals surface area contributed by atoms with Gasteiger partial charge in [-0.15, -0.1) is 0 Å². The summed E-state index contributed by atoms with van der Waals surface area (Å²) in [6.45, 7) is 5.06. The van der Waals surface area contributed by atoms with Gasteiger partial charge in [-0.2, -0.15) is 0 Å². The van der Waals surface area contributed by atoms with E-state index in [1.807, 2.05) is 22.6 Å².